The van der Waals surface area contributed by atoms with E-state index in [0.717, 1.165) is 0 Å². The van der Waals surface area contributed by atoms with Gasteiger partial charge in [-0.25, -0.2) is 17.8 Å². The van der Waals surface area contributed by atoms with E-state index in [1.54, 1.807) is 19.1 Å². The first-order valence-electron chi connectivity index (χ1n) is 6.57. The van der Waals surface area contributed by atoms with Crippen molar-refractivity contribution in [3.63, 3.8) is 0 Å². The largest absolute Gasteiger partial charge is 0.349 e. The van der Waals surface area contributed by atoms with Crippen molar-refractivity contribution in [3.8, 4) is 0 Å². The Labute approximate surface area is 128 Å². The molecule has 2 aromatic rings. The van der Waals surface area contributed by atoms with Crippen molar-refractivity contribution in [2.75, 3.05) is 5.75 Å². The zero-order chi connectivity index (χ0) is 16.2. The molecule has 0 saturated heterocycles. The number of aromatic nitrogens is 1. The van der Waals surface area contributed by atoms with Crippen LogP contribution in [0.25, 0.3) is 0 Å². The first kappa shape index (κ1) is 16.1. The minimum atomic E-state index is -3.78. The van der Waals surface area contributed by atoms with E-state index < -0.39 is 27.5 Å². The molecule has 1 atom stereocenters. The van der Waals surface area contributed by atoms with E-state index >= 15 is 0 Å². The molecule has 1 heterocycles. The number of amides is 1. The Balaban J connectivity index is 2.02. The zero-order valence-corrected chi connectivity index (χ0v) is 12.7. The second-order valence-electron chi connectivity index (χ2n) is 4.77. The molecular formula is C15H15FN2O3S. The lowest BCUT2D eigenvalue weighted by Crippen LogP contribution is -2.32. The molecule has 7 heteroatoms. The fourth-order valence-electron chi connectivity index (χ4n) is 1.90. The Morgan fingerprint density at radius 1 is 1.23 bits per heavy atom. The molecule has 1 aromatic heterocycles. The highest BCUT2D eigenvalue weighted by atomic mass is 32.2. The van der Waals surface area contributed by atoms with Crippen molar-refractivity contribution in [2.24, 2.45) is 0 Å². The van der Waals surface area contributed by atoms with E-state index in [-0.39, 0.29) is 10.8 Å². The number of carbonyl (C=O) groups is 1. The summed E-state index contributed by atoms with van der Waals surface area (Å²) in [5.74, 6) is -1.70. The molecule has 0 fully saturated rings. The van der Waals surface area contributed by atoms with E-state index in [4.69, 9.17) is 0 Å². The minimum Gasteiger partial charge on any atom is -0.349 e. The van der Waals surface area contributed by atoms with E-state index in [9.17, 15) is 17.6 Å². The second kappa shape index (κ2) is 6.65. The molecule has 0 aliphatic heterocycles. The Hall–Kier alpha value is -2.28. The molecule has 1 amide bonds. The predicted octanol–water partition coefficient (Wildman–Crippen LogP) is 1.87. The number of hydrogen-bond donors (Lipinski definition) is 1. The van der Waals surface area contributed by atoms with Crippen LogP contribution in [-0.2, 0) is 14.6 Å². The number of halogens is 1. The molecular weight excluding hydrogens is 307 g/mol. The normalized spacial score (nSPS) is 12.6. The lowest BCUT2D eigenvalue weighted by molar-refractivity contribution is -0.119. The Kier molecular flexibility index (Phi) is 4.87. The van der Waals surface area contributed by atoms with Gasteiger partial charge < -0.3 is 5.32 Å². The van der Waals surface area contributed by atoms with Gasteiger partial charge in [0, 0.05) is 6.20 Å². The molecule has 0 bridgehead atoms. The Bertz CT molecular complexity index is 746. The van der Waals surface area contributed by atoms with Crippen LogP contribution in [0.2, 0.25) is 0 Å². The van der Waals surface area contributed by atoms with Crippen molar-refractivity contribution in [1.29, 1.82) is 0 Å². The molecule has 0 radical (unpaired) electrons. The summed E-state index contributed by atoms with van der Waals surface area (Å²) in [6.07, 6.45) is 1.35. The van der Waals surface area contributed by atoms with Gasteiger partial charge in [-0.3, -0.25) is 4.79 Å². The third-order valence-electron chi connectivity index (χ3n) is 3.03. The summed E-state index contributed by atoms with van der Waals surface area (Å²) in [7, 11) is -3.78. The highest BCUT2D eigenvalue weighted by Gasteiger charge is 2.21. The first-order chi connectivity index (χ1) is 10.4. The van der Waals surface area contributed by atoms with Crippen molar-refractivity contribution < 1.29 is 17.6 Å². The van der Waals surface area contributed by atoms with Gasteiger partial charge in [0.2, 0.25) is 15.7 Å². The highest BCUT2D eigenvalue weighted by Crippen LogP contribution is 2.13. The molecule has 5 nitrogen and oxygen atoms in total. The van der Waals surface area contributed by atoms with Crippen LogP contribution in [0.1, 0.15) is 18.5 Å². The number of benzene rings is 1. The summed E-state index contributed by atoms with van der Waals surface area (Å²) in [5, 5.41) is 2.43. The van der Waals surface area contributed by atoms with Gasteiger partial charge in [-0.2, -0.15) is 0 Å². The summed E-state index contributed by atoms with van der Waals surface area (Å²) < 4.78 is 36.9. The molecule has 0 aliphatic rings. The molecule has 0 saturated carbocycles. The third-order valence-corrected chi connectivity index (χ3v) is 4.55. The van der Waals surface area contributed by atoms with Gasteiger partial charge in [-0.05, 0) is 36.8 Å². The summed E-state index contributed by atoms with van der Waals surface area (Å²) in [6.45, 7) is 1.69. The molecule has 0 unspecified atom stereocenters. The van der Waals surface area contributed by atoms with Crippen LogP contribution in [0.3, 0.4) is 0 Å². The molecule has 116 valence electrons. The molecule has 2 rings (SSSR count). The number of sulfone groups is 1. The molecule has 1 aromatic carbocycles. The Morgan fingerprint density at radius 2 is 1.91 bits per heavy atom. The van der Waals surface area contributed by atoms with Crippen LogP contribution in [0.5, 0.6) is 0 Å². The van der Waals surface area contributed by atoms with Gasteiger partial charge in [0.15, 0.2) is 5.03 Å². The molecule has 1 N–H and O–H groups in total. The summed E-state index contributed by atoms with van der Waals surface area (Å²) >= 11 is 0. The average molecular weight is 322 g/mol. The maximum atomic E-state index is 12.8. The third kappa shape index (κ3) is 4.11. The average Bonchev–Trinajstić information content (AvgIpc) is 2.48. The van der Waals surface area contributed by atoms with Gasteiger partial charge >= 0.3 is 0 Å². The molecule has 22 heavy (non-hydrogen) atoms. The maximum Gasteiger partial charge on any atom is 0.236 e. The van der Waals surface area contributed by atoms with Crippen LogP contribution >= 0.6 is 0 Å². The summed E-state index contributed by atoms with van der Waals surface area (Å²) in [5.41, 5.74) is 0.685. The van der Waals surface area contributed by atoms with E-state index in [1.165, 1.54) is 36.5 Å². The first-order valence-corrected chi connectivity index (χ1v) is 8.22. The second-order valence-corrected chi connectivity index (χ2v) is 6.70. The lowest BCUT2D eigenvalue weighted by atomic mass is 10.1. The van der Waals surface area contributed by atoms with Gasteiger partial charge in [-0.1, -0.05) is 18.2 Å². The fourth-order valence-corrected chi connectivity index (χ4v) is 2.98. The van der Waals surface area contributed by atoms with E-state index in [1.807, 2.05) is 0 Å². The summed E-state index contributed by atoms with van der Waals surface area (Å²) in [6, 6.07) is 9.68. The van der Waals surface area contributed by atoms with Crippen molar-refractivity contribution >= 4 is 15.7 Å². The van der Waals surface area contributed by atoms with Gasteiger partial charge in [-0.15, -0.1) is 0 Å². The number of rotatable bonds is 5. The Morgan fingerprint density at radius 3 is 2.50 bits per heavy atom. The highest BCUT2D eigenvalue weighted by molar-refractivity contribution is 7.92. The standard InChI is InChI=1S/C15H15FN2O3S/c1-11(12-5-7-13(16)8-6-12)18-14(19)10-22(20,21)15-4-2-3-9-17-15/h2-9,11H,10H2,1H3,(H,18,19)/t11-/m0/s1. The number of hydrogen-bond acceptors (Lipinski definition) is 4. The molecule has 0 spiro atoms. The van der Waals surface area contributed by atoms with Crippen molar-refractivity contribution in [3.05, 3.63) is 60.0 Å². The predicted molar refractivity (Wildman–Crippen MR) is 79.2 cm³/mol. The summed E-state index contributed by atoms with van der Waals surface area (Å²) in [4.78, 5) is 15.6. The van der Waals surface area contributed by atoms with Crippen LogP contribution in [-0.4, -0.2) is 25.1 Å². The number of nitrogens with zero attached hydrogens (tertiary/aromatic N) is 1. The fraction of sp³-hybridized carbons (Fsp3) is 0.200. The van der Waals surface area contributed by atoms with Crippen LogP contribution < -0.4 is 5.32 Å². The molecule has 0 aliphatic carbocycles. The smallest absolute Gasteiger partial charge is 0.236 e. The van der Waals surface area contributed by atoms with Crippen LogP contribution in [0.15, 0.2) is 53.7 Å². The van der Waals surface area contributed by atoms with E-state index in [2.05, 4.69) is 10.3 Å². The van der Waals surface area contributed by atoms with Crippen molar-refractivity contribution in [1.82, 2.24) is 10.3 Å². The monoisotopic (exact) mass is 322 g/mol. The van der Waals surface area contributed by atoms with Crippen molar-refractivity contribution in [2.45, 2.75) is 18.0 Å². The number of nitrogens with one attached hydrogen (secondary N) is 1. The van der Waals surface area contributed by atoms with Gasteiger partial charge in [0.05, 0.1) is 6.04 Å². The minimum absolute atomic E-state index is 0.139. The number of pyridine rings is 1. The zero-order valence-electron chi connectivity index (χ0n) is 11.9. The van der Waals surface area contributed by atoms with Crippen LogP contribution in [0, 0.1) is 5.82 Å². The number of carbonyl (C=O) groups excluding carboxylic acids is 1. The SMILES string of the molecule is C[C@H](NC(=O)CS(=O)(=O)c1ccccn1)c1ccc(F)cc1. The van der Waals surface area contributed by atoms with Gasteiger partial charge in [0.25, 0.3) is 0 Å². The van der Waals surface area contributed by atoms with Gasteiger partial charge in [0.1, 0.15) is 11.6 Å². The lowest BCUT2D eigenvalue weighted by Gasteiger charge is -2.14. The topological polar surface area (TPSA) is 76.1 Å². The quantitative estimate of drug-likeness (QED) is 0.912. The van der Waals surface area contributed by atoms with E-state index in [0.29, 0.717) is 5.56 Å². The van der Waals surface area contributed by atoms with Crippen LogP contribution in [0.4, 0.5) is 4.39 Å². The maximum absolute atomic E-state index is 12.8.